The maximum Gasteiger partial charge on any atom is 0.410 e. The minimum absolute atomic E-state index is 0.0765. The second-order valence-electron chi connectivity index (χ2n) is 7.65. The lowest BCUT2D eigenvalue weighted by molar-refractivity contribution is 0.0144. The van der Waals surface area contributed by atoms with Crippen LogP contribution in [0, 0.1) is 0 Å². The second-order valence-corrected chi connectivity index (χ2v) is 7.65. The zero-order valence-corrected chi connectivity index (χ0v) is 16.8. The number of nitrogens with one attached hydrogen (secondary N) is 1. The summed E-state index contributed by atoms with van der Waals surface area (Å²) in [5, 5.41) is 2.94. The summed E-state index contributed by atoms with van der Waals surface area (Å²) in [5.41, 5.74) is 0.165. The van der Waals surface area contributed by atoms with Crippen LogP contribution in [0.1, 0.15) is 37.6 Å². The zero-order chi connectivity index (χ0) is 19.9. The largest absolute Gasteiger partial charge is 0.497 e. The molecule has 0 spiro atoms. The first-order valence-corrected chi connectivity index (χ1v) is 9.41. The number of nitrogens with zero attached hydrogens (tertiary/aromatic N) is 2. The van der Waals surface area contributed by atoms with E-state index in [1.54, 1.807) is 36.3 Å². The molecule has 0 radical (unpaired) electrons. The van der Waals surface area contributed by atoms with Gasteiger partial charge in [-0.15, -0.1) is 0 Å². The van der Waals surface area contributed by atoms with Crippen molar-refractivity contribution in [2.24, 2.45) is 0 Å². The second kappa shape index (κ2) is 9.60. The minimum atomic E-state index is -0.462. The predicted octanol–water partition coefficient (Wildman–Crippen LogP) is 2.37. The molecule has 150 valence electrons. The van der Waals surface area contributed by atoms with Crippen molar-refractivity contribution >= 4 is 12.0 Å². The average molecular weight is 377 g/mol. The van der Waals surface area contributed by atoms with Gasteiger partial charge in [0.25, 0.3) is 5.91 Å². The number of ether oxygens (including phenoxy) is 2. The number of amides is 2. The fraction of sp³-hybridized carbons (Fsp3) is 0.600. The summed E-state index contributed by atoms with van der Waals surface area (Å²) in [5.74, 6) is 0.657. The van der Waals surface area contributed by atoms with Crippen LogP contribution in [0.3, 0.4) is 0 Å². The molecule has 0 aliphatic carbocycles. The smallest absolute Gasteiger partial charge is 0.410 e. The monoisotopic (exact) mass is 377 g/mol. The maximum absolute atomic E-state index is 12.1. The van der Waals surface area contributed by atoms with Crippen LogP contribution in [0.4, 0.5) is 4.79 Å². The maximum atomic E-state index is 12.1. The molecular weight excluding hydrogens is 346 g/mol. The first-order valence-electron chi connectivity index (χ1n) is 9.41. The number of carbonyl (C=O) groups is 2. The summed E-state index contributed by atoms with van der Waals surface area (Å²) in [6.07, 6.45) is 0.628. The number of carbonyl (C=O) groups excluding carboxylic acids is 2. The van der Waals surface area contributed by atoms with Crippen molar-refractivity contribution in [3.63, 3.8) is 0 Å². The molecule has 0 atom stereocenters. The van der Waals surface area contributed by atoms with Gasteiger partial charge in [-0.05, 0) is 58.0 Å². The van der Waals surface area contributed by atoms with Crippen molar-refractivity contribution in [2.45, 2.75) is 32.8 Å². The summed E-state index contributed by atoms with van der Waals surface area (Å²) in [6, 6.07) is 7.06. The average Bonchev–Trinajstić information content (AvgIpc) is 2.64. The number of piperazine rings is 1. The Bertz CT molecular complexity index is 617. The van der Waals surface area contributed by atoms with E-state index in [9.17, 15) is 9.59 Å². The molecule has 7 nitrogen and oxygen atoms in total. The Morgan fingerprint density at radius 2 is 1.70 bits per heavy atom. The Hall–Kier alpha value is -2.28. The molecule has 1 aromatic rings. The molecule has 0 unspecified atom stereocenters. The van der Waals surface area contributed by atoms with Crippen LogP contribution < -0.4 is 10.1 Å². The molecule has 1 saturated heterocycles. The summed E-state index contributed by atoms with van der Waals surface area (Å²) in [6.45, 7) is 10.1. The van der Waals surface area contributed by atoms with Crippen molar-refractivity contribution in [2.75, 3.05) is 46.4 Å². The standard InChI is InChI=1S/C20H31N3O4/c1-20(2,3)27-19(25)23-14-12-22(13-15-23)11-5-10-21-18(24)16-6-8-17(26-4)9-7-16/h6-9H,5,10-15H2,1-4H3,(H,21,24). The Balaban J connectivity index is 1.62. The highest BCUT2D eigenvalue weighted by atomic mass is 16.6. The van der Waals surface area contributed by atoms with Crippen molar-refractivity contribution < 1.29 is 19.1 Å². The molecule has 7 heteroatoms. The van der Waals surface area contributed by atoms with Gasteiger partial charge in [-0.3, -0.25) is 9.69 Å². The van der Waals surface area contributed by atoms with Gasteiger partial charge < -0.3 is 19.7 Å². The van der Waals surface area contributed by atoms with Gasteiger partial charge in [-0.2, -0.15) is 0 Å². The van der Waals surface area contributed by atoms with Gasteiger partial charge in [0.2, 0.25) is 0 Å². The summed E-state index contributed by atoms with van der Waals surface area (Å²) >= 11 is 0. The van der Waals surface area contributed by atoms with Gasteiger partial charge in [-0.25, -0.2) is 4.79 Å². The van der Waals surface area contributed by atoms with Crippen LogP contribution in [0.2, 0.25) is 0 Å². The third-order valence-electron chi connectivity index (χ3n) is 4.31. The molecule has 0 bridgehead atoms. The van der Waals surface area contributed by atoms with E-state index < -0.39 is 5.60 Å². The summed E-state index contributed by atoms with van der Waals surface area (Å²) in [7, 11) is 1.60. The summed E-state index contributed by atoms with van der Waals surface area (Å²) < 4.78 is 10.5. The van der Waals surface area contributed by atoms with Crippen molar-refractivity contribution in [1.82, 2.24) is 15.1 Å². The molecule has 1 heterocycles. The SMILES string of the molecule is COc1ccc(C(=O)NCCCN2CCN(C(=O)OC(C)(C)C)CC2)cc1. The van der Waals surface area contributed by atoms with Crippen LogP contribution in [0.25, 0.3) is 0 Å². The van der Waals surface area contributed by atoms with Crippen LogP contribution >= 0.6 is 0 Å². The fourth-order valence-corrected chi connectivity index (χ4v) is 2.83. The highest BCUT2D eigenvalue weighted by Crippen LogP contribution is 2.12. The Kier molecular flexibility index (Phi) is 7.47. The highest BCUT2D eigenvalue weighted by Gasteiger charge is 2.25. The van der Waals surface area contributed by atoms with Gasteiger partial charge in [0.1, 0.15) is 11.4 Å². The van der Waals surface area contributed by atoms with Crippen molar-refractivity contribution in [1.29, 1.82) is 0 Å². The lowest BCUT2D eigenvalue weighted by atomic mass is 10.2. The van der Waals surface area contributed by atoms with Crippen LogP contribution in [0.5, 0.6) is 5.75 Å². The van der Waals surface area contributed by atoms with E-state index in [4.69, 9.17) is 9.47 Å². The zero-order valence-electron chi connectivity index (χ0n) is 16.8. The normalized spacial score (nSPS) is 15.3. The van der Waals surface area contributed by atoms with Gasteiger partial charge in [0, 0.05) is 38.3 Å². The van der Waals surface area contributed by atoms with Gasteiger partial charge >= 0.3 is 6.09 Å². The van der Waals surface area contributed by atoms with Crippen molar-refractivity contribution in [3.8, 4) is 5.75 Å². The number of hydrogen-bond donors (Lipinski definition) is 1. The molecular formula is C20H31N3O4. The van der Waals surface area contributed by atoms with E-state index in [0.717, 1.165) is 31.8 Å². The van der Waals surface area contributed by atoms with E-state index in [1.165, 1.54) is 0 Å². The molecule has 0 saturated carbocycles. The molecule has 27 heavy (non-hydrogen) atoms. The predicted molar refractivity (Wildman–Crippen MR) is 104 cm³/mol. The molecule has 1 fully saturated rings. The Morgan fingerprint density at radius 1 is 1.07 bits per heavy atom. The molecule has 1 aliphatic rings. The highest BCUT2D eigenvalue weighted by molar-refractivity contribution is 5.94. The number of hydrogen-bond acceptors (Lipinski definition) is 5. The van der Waals surface area contributed by atoms with Gasteiger partial charge in [0.05, 0.1) is 7.11 Å². The minimum Gasteiger partial charge on any atom is -0.497 e. The van der Waals surface area contributed by atoms with Gasteiger partial charge in [-0.1, -0.05) is 0 Å². The number of methoxy groups -OCH3 is 1. The first-order chi connectivity index (χ1) is 12.8. The van der Waals surface area contributed by atoms with E-state index in [0.29, 0.717) is 25.2 Å². The van der Waals surface area contributed by atoms with Crippen LogP contribution in [0.15, 0.2) is 24.3 Å². The topological polar surface area (TPSA) is 71.1 Å². The molecule has 1 aliphatic heterocycles. The fourth-order valence-electron chi connectivity index (χ4n) is 2.83. The molecule has 1 N–H and O–H groups in total. The first kappa shape index (κ1) is 21.0. The Morgan fingerprint density at radius 3 is 2.26 bits per heavy atom. The third kappa shape index (κ3) is 7.09. The molecule has 0 aromatic heterocycles. The molecule has 2 rings (SSSR count). The lowest BCUT2D eigenvalue weighted by Crippen LogP contribution is -2.50. The quantitative estimate of drug-likeness (QED) is 0.771. The Labute approximate surface area is 161 Å². The van der Waals surface area contributed by atoms with E-state index in [2.05, 4.69) is 10.2 Å². The molecule has 2 amide bonds. The number of benzene rings is 1. The van der Waals surface area contributed by atoms with Crippen LogP contribution in [-0.2, 0) is 4.74 Å². The van der Waals surface area contributed by atoms with Crippen molar-refractivity contribution in [3.05, 3.63) is 29.8 Å². The van der Waals surface area contributed by atoms with E-state index in [-0.39, 0.29) is 12.0 Å². The molecule has 1 aromatic carbocycles. The van der Waals surface area contributed by atoms with E-state index >= 15 is 0 Å². The summed E-state index contributed by atoms with van der Waals surface area (Å²) in [4.78, 5) is 28.2. The van der Waals surface area contributed by atoms with Gasteiger partial charge in [0.15, 0.2) is 0 Å². The third-order valence-corrected chi connectivity index (χ3v) is 4.31. The van der Waals surface area contributed by atoms with Crippen LogP contribution in [-0.4, -0.2) is 73.8 Å². The number of rotatable bonds is 6. The van der Waals surface area contributed by atoms with E-state index in [1.807, 2.05) is 20.8 Å². The lowest BCUT2D eigenvalue weighted by Gasteiger charge is -2.35.